The summed E-state index contributed by atoms with van der Waals surface area (Å²) in [5.41, 5.74) is 0.679. The molecule has 2 amide bonds. The fraction of sp³-hybridized carbons (Fsp3) is 0.357. The van der Waals surface area contributed by atoms with Gasteiger partial charge in [-0.05, 0) is 5.56 Å². The van der Waals surface area contributed by atoms with E-state index in [2.05, 4.69) is 15.6 Å². The quantitative estimate of drug-likeness (QED) is 0.688. The number of piperazine rings is 1. The van der Waals surface area contributed by atoms with Crippen LogP contribution in [-0.4, -0.2) is 48.9 Å². The summed E-state index contributed by atoms with van der Waals surface area (Å²) in [7, 11) is 0. The van der Waals surface area contributed by atoms with Gasteiger partial charge in [0.1, 0.15) is 5.92 Å². The SMILES string of the molecule is O=C1N=C(N2CCNCC2)NC(=O)C1c1ccccc1. The van der Waals surface area contributed by atoms with Crippen molar-refractivity contribution in [1.29, 1.82) is 0 Å². The minimum atomic E-state index is -0.831. The van der Waals surface area contributed by atoms with Gasteiger partial charge in [0.15, 0.2) is 0 Å². The second kappa shape index (κ2) is 5.42. The molecule has 0 aromatic heterocycles. The van der Waals surface area contributed by atoms with E-state index >= 15 is 0 Å². The Morgan fingerprint density at radius 2 is 1.80 bits per heavy atom. The standard InChI is InChI=1S/C14H16N4O2/c19-12-11(10-4-2-1-3-5-10)13(20)17-14(16-12)18-8-6-15-7-9-18/h1-5,11,15H,6-9H2,(H,16,17,19,20). The zero-order chi connectivity index (χ0) is 13.9. The van der Waals surface area contributed by atoms with Gasteiger partial charge in [-0.1, -0.05) is 30.3 Å². The van der Waals surface area contributed by atoms with Crippen molar-refractivity contribution in [3.05, 3.63) is 35.9 Å². The molecule has 0 aliphatic carbocycles. The molecular formula is C14H16N4O2. The van der Waals surface area contributed by atoms with Crippen molar-refractivity contribution in [2.24, 2.45) is 4.99 Å². The van der Waals surface area contributed by atoms with Gasteiger partial charge in [-0.3, -0.25) is 14.9 Å². The van der Waals surface area contributed by atoms with Crippen LogP contribution >= 0.6 is 0 Å². The first kappa shape index (κ1) is 12.8. The van der Waals surface area contributed by atoms with Crippen LogP contribution in [0.5, 0.6) is 0 Å². The van der Waals surface area contributed by atoms with E-state index in [-0.39, 0.29) is 5.91 Å². The molecule has 0 spiro atoms. The Hall–Kier alpha value is -2.21. The van der Waals surface area contributed by atoms with Crippen LogP contribution in [-0.2, 0) is 9.59 Å². The lowest BCUT2D eigenvalue weighted by atomic mass is 9.96. The molecular weight excluding hydrogens is 256 g/mol. The van der Waals surface area contributed by atoms with Crippen molar-refractivity contribution >= 4 is 17.8 Å². The number of benzene rings is 1. The predicted molar refractivity (Wildman–Crippen MR) is 74.2 cm³/mol. The monoisotopic (exact) mass is 272 g/mol. The van der Waals surface area contributed by atoms with Gasteiger partial charge in [-0.2, -0.15) is 4.99 Å². The summed E-state index contributed by atoms with van der Waals surface area (Å²) in [5.74, 6) is -1.14. The van der Waals surface area contributed by atoms with Gasteiger partial charge in [0.25, 0.3) is 5.91 Å². The van der Waals surface area contributed by atoms with E-state index < -0.39 is 11.8 Å². The zero-order valence-corrected chi connectivity index (χ0v) is 11.0. The molecule has 2 N–H and O–H groups in total. The van der Waals surface area contributed by atoms with Gasteiger partial charge < -0.3 is 10.2 Å². The molecule has 104 valence electrons. The van der Waals surface area contributed by atoms with Crippen molar-refractivity contribution in [3.8, 4) is 0 Å². The van der Waals surface area contributed by atoms with Crippen LogP contribution in [0.3, 0.4) is 0 Å². The van der Waals surface area contributed by atoms with Gasteiger partial charge in [0, 0.05) is 26.2 Å². The summed E-state index contributed by atoms with van der Waals surface area (Å²) < 4.78 is 0. The molecule has 2 aliphatic heterocycles. The minimum Gasteiger partial charge on any atom is -0.340 e. The normalized spacial score (nSPS) is 23.3. The Morgan fingerprint density at radius 3 is 2.45 bits per heavy atom. The first-order chi connectivity index (χ1) is 9.75. The average Bonchev–Trinajstić information content (AvgIpc) is 2.48. The second-order valence-electron chi connectivity index (χ2n) is 4.84. The summed E-state index contributed by atoms with van der Waals surface area (Å²) >= 11 is 0. The number of carbonyl (C=O) groups excluding carboxylic acids is 2. The molecule has 0 saturated carbocycles. The maximum absolute atomic E-state index is 12.2. The van der Waals surface area contributed by atoms with Crippen molar-refractivity contribution in [2.45, 2.75) is 5.92 Å². The summed E-state index contributed by atoms with van der Waals surface area (Å²) in [5, 5.41) is 5.97. The first-order valence-electron chi connectivity index (χ1n) is 6.70. The molecule has 2 heterocycles. The van der Waals surface area contributed by atoms with E-state index in [1.54, 1.807) is 12.1 Å². The summed E-state index contributed by atoms with van der Waals surface area (Å²) in [6.07, 6.45) is 0. The van der Waals surface area contributed by atoms with Crippen LogP contribution in [0.1, 0.15) is 11.5 Å². The fourth-order valence-corrected chi connectivity index (χ4v) is 2.46. The van der Waals surface area contributed by atoms with Crippen LogP contribution in [0.4, 0.5) is 0 Å². The van der Waals surface area contributed by atoms with Crippen LogP contribution in [0.25, 0.3) is 0 Å². The highest BCUT2D eigenvalue weighted by Crippen LogP contribution is 2.20. The third kappa shape index (κ3) is 2.42. The highest BCUT2D eigenvalue weighted by Gasteiger charge is 2.34. The summed E-state index contributed by atoms with van der Waals surface area (Å²) in [6, 6.07) is 9.02. The van der Waals surface area contributed by atoms with E-state index in [0.29, 0.717) is 11.5 Å². The molecule has 3 rings (SSSR count). The number of hydrogen-bond donors (Lipinski definition) is 2. The van der Waals surface area contributed by atoms with Gasteiger partial charge in [0.2, 0.25) is 11.9 Å². The van der Waals surface area contributed by atoms with Crippen molar-refractivity contribution < 1.29 is 9.59 Å². The molecule has 1 saturated heterocycles. The van der Waals surface area contributed by atoms with Crippen LogP contribution < -0.4 is 10.6 Å². The zero-order valence-electron chi connectivity index (χ0n) is 11.0. The Labute approximate surface area is 116 Å². The van der Waals surface area contributed by atoms with Gasteiger partial charge in [0.05, 0.1) is 0 Å². The van der Waals surface area contributed by atoms with Gasteiger partial charge in [-0.25, -0.2) is 0 Å². The first-order valence-corrected chi connectivity index (χ1v) is 6.70. The predicted octanol–water partition coefficient (Wildman–Crippen LogP) is -0.312. The lowest BCUT2D eigenvalue weighted by molar-refractivity contribution is -0.130. The van der Waals surface area contributed by atoms with Crippen LogP contribution in [0.2, 0.25) is 0 Å². The van der Waals surface area contributed by atoms with Crippen molar-refractivity contribution in [1.82, 2.24) is 15.5 Å². The molecule has 1 fully saturated rings. The maximum atomic E-state index is 12.2. The highest BCUT2D eigenvalue weighted by atomic mass is 16.2. The van der Waals surface area contributed by atoms with E-state index in [0.717, 1.165) is 26.2 Å². The molecule has 2 aliphatic rings. The molecule has 0 radical (unpaired) electrons. The van der Waals surface area contributed by atoms with E-state index in [1.165, 1.54) is 0 Å². The largest absolute Gasteiger partial charge is 0.340 e. The van der Waals surface area contributed by atoms with E-state index in [4.69, 9.17) is 0 Å². The number of rotatable bonds is 1. The van der Waals surface area contributed by atoms with Crippen LogP contribution in [0, 0.1) is 0 Å². The number of aliphatic imine (C=N–C) groups is 1. The number of amides is 2. The minimum absolute atomic E-state index is 0.301. The van der Waals surface area contributed by atoms with E-state index in [1.807, 2.05) is 23.1 Å². The van der Waals surface area contributed by atoms with Crippen molar-refractivity contribution in [2.75, 3.05) is 26.2 Å². The number of hydrogen-bond acceptors (Lipinski definition) is 4. The molecule has 1 atom stereocenters. The van der Waals surface area contributed by atoms with Crippen molar-refractivity contribution in [3.63, 3.8) is 0 Å². The topological polar surface area (TPSA) is 73.8 Å². The number of guanidine groups is 1. The molecule has 1 unspecified atom stereocenters. The summed E-state index contributed by atoms with van der Waals surface area (Å²) in [4.78, 5) is 30.4. The molecule has 0 bridgehead atoms. The Bertz CT molecular complexity index is 550. The summed E-state index contributed by atoms with van der Waals surface area (Å²) in [6.45, 7) is 3.13. The second-order valence-corrected chi connectivity index (χ2v) is 4.84. The third-order valence-corrected chi connectivity index (χ3v) is 3.51. The molecule has 20 heavy (non-hydrogen) atoms. The molecule has 1 aromatic rings. The average molecular weight is 272 g/mol. The smallest absolute Gasteiger partial charge is 0.265 e. The highest BCUT2D eigenvalue weighted by molar-refractivity contribution is 6.18. The lowest BCUT2D eigenvalue weighted by Gasteiger charge is -2.32. The van der Waals surface area contributed by atoms with Gasteiger partial charge in [-0.15, -0.1) is 0 Å². The number of carbonyl (C=O) groups is 2. The molecule has 6 heteroatoms. The number of nitrogens with one attached hydrogen (secondary N) is 2. The number of nitrogens with zero attached hydrogens (tertiary/aromatic N) is 2. The van der Waals surface area contributed by atoms with Gasteiger partial charge >= 0.3 is 0 Å². The van der Waals surface area contributed by atoms with Crippen LogP contribution in [0.15, 0.2) is 35.3 Å². The third-order valence-electron chi connectivity index (χ3n) is 3.51. The lowest BCUT2D eigenvalue weighted by Crippen LogP contribution is -2.55. The molecule has 1 aromatic carbocycles. The Morgan fingerprint density at radius 1 is 1.10 bits per heavy atom. The van der Waals surface area contributed by atoms with E-state index in [9.17, 15) is 9.59 Å². The Balaban J connectivity index is 1.83. The Kier molecular flexibility index (Phi) is 3.47. The fourth-order valence-electron chi connectivity index (χ4n) is 2.46. The maximum Gasteiger partial charge on any atom is 0.265 e. The molecule has 6 nitrogen and oxygen atoms in total.